The molecular formula is C12H14INO2. The van der Waals surface area contributed by atoms with Crippen molar-refractivity contribution in [3.8, 4) is 5.75 Å². The van der Waals surface area contributed by atoms with Crippen molar-refractivity contribution in [3.63, 3.8) is 0 Å². The lowest BCUT2D eigenvalue weighted by atomic mass is 9.78. The molecule has 0 saturated heterocycles. The zero-order valence-corrected chi connectivity index (χ0v) is 11.2. The van der Waals surface area contributed by atoms with Gasteiger partial charge in [0.05, 0.1) is 3.57 Å². The van der Waals surface area contributed by atoms with Gasteiger partial charge in [-0.15, -0.1) is 0 Å². The Bertz CT molecular complexity index is 427. The van der Waals surface area contributed by atoms with Gasteiger partial charge in [-0.3, -0.25) is 4.79 Å². The Morgan fingerprint density at radius 2 is 2.19 bits per heavy atom. The number of hydrogen-bond donors (Lipinski definition) is 2. The first kappa shape index (κ1) is 11.7. The number of carbonyl (C=O) groups is 1. The van der Waals surface area contributed by atoms with Gasteiger partial charge in [0.25, 0.3) is 5.91 Å². The molecule has 0 atom stereocenters. The Hall–Kier alpha value is -0.780. The summed E-state index contributed by atoms with van der Waals surface area (Å²) in [5.41, 5.74) is 0.474. The highest BCUT2D eigenvalue weighted by molar-refractivity contribution is 14.1. The normalized spacial score (nSPS) is 17.6. The lowest BCUT2D eigenvalue weighted by Gasteiger charge is -2.39. The molecular weight excluding hydrogens is 317 g/mol. The first-order valence-corrected chi connectivity index (χ1v) is 6.39. The standard InChI is InChI=1S/C12H14INO2/c1-12(5-2-6-12)14-11(16)8-3-4-9(13)10(15)7-8/h3-4,7,15H,2,5-6H2,1H3,(H,14,16). The van der Waals surface area contributed by atoms with E-state index in [1.54, 1.807) is 12.1 Å². The van der Waals surface area contributed by atoms with E-state index in [0.29, 0.717) is 5.56 Å². The fraction of sp³-hybridized carbons (Fsp3) is 0.417. The van der Waals surface area contributed by atoms with Gasteiger partial charge >= 0.3 is 0 Å². The Kier molecular flexibility index (Phi) is 3.10. The monoisotopic (exact) mass is 331 g/mol. The Labute approximate surface area is 108 Å². The van der Waals surface area contributed by atoms with E-state index in [1.807, 2.05) is 22.6 Å². The SMILES string of the molecule is CC1(NC(=O)c2ccc(I)c(O)c2)CCC1. The van der Waals surface area contributed by atoms with Crippen LogP contribution in [0.5, 0.6) is 5.75 Å². The van der Waals surface area contributed by atoms with Gasteiger partial charge in [0.15, 0.2) is 0 Å². The van der Waals surface area contributed by atoms with Crippen LogP contribution in [0.1, 0.15) is 36.5 Å². The van der Waals surface area contributed by atoms with Gasteiger partial charge < -0.3 is 10.4 Å². The quantitative estimate of drug-likeness (QED) is 0.819. The minimum atomic E-state index is -0.103. The van der Waals surface area contributed by atoms with Gasteiger partial charge in [-0.2, -0.15) is 0 Å². The summed E-state index contributed by atoms with van der Waals surface area (Å²) in [6.45, 7) is 2.06. The van der Waals surface area contributed by atoms with Crippen molar-refractivity contribution in [3.05, 3.63) is 27.3 Å². The molecule has 2 rings (SSSR count). The summed E-state index contributed by atoms with van der Waals surface area (Å²) in [6, 6.07) is 4.99. The van der Waals surface area contributed by atoms with E-state index in [9.17, 15) is 9.90 Å². The molecule has 2 N–H and O–H groups in total. The minimum Gasteiger partial charge on any atom is -0.507 e. The van der Waals surface area contributed by atoms with Crippen LogP contribution in [0, 0.1) is 3.57 Å². The van der Waals surface area contributed by atoms with E-state index in [-0.39, 0.29) is 17.2 Å². The largest absolute Gasteiger partial charge is 0.507 e. The van der Waals surface area contributed by atoms with Crippen LogP contribution in [0.2, 0.25) is 0 Å². The number of rotatable bonds is 2. The summed E-state index contributed by atoms with van der Waals surface area (Å²) in [7, 11) is 0. The van der Waals surface area contributed by atoms with Crippen molar-refractivity contribution in [2.45, 2.75) is 31.7 Å². The maximum Gasteiger partial charge on any atom is 0.251 e. The van der Waals surface area contributed by atoms with Gasteiger partial charge in [0, 0.05) is 11.1 Å². The highest BCUT2D eigenvalue weighted by atomic mass is 127. The molecule has 4 heteroatoms. The second-order valence-electron chi connectivity index (χ2n) is 4.53. The Morgan fingerprint density at radius 1 is 1.50 bits per heavy atom. The average molecular weight is 331 g/mol. The van der Waals surface area contributed by atoms with Gasteiger partial charge in [-0.1, -0.05) is 0 Å². The molecule has 0 aromatic heterocycles. The molecule has 0 radical (unpaired) electrons. The second kappa shape index (κ2) is 4.24. The van der Waals surface area contributed by atoms with Crippen molar-refractivity contribution >= 4 is 28.5 Å². The molecule has 0 heterocycles. The first-order chi connectivity index (χ1) is 7.50. The molecule has 1 aliphatic carbocycles. The number of phenols is 1. The van der Waals surface area contributed by atoms with Crippen molar-refractivity contribution in [2.24, 2.45) is 0 Å². The summed E-state index contributed by atoms with van der Waals surface area (Å²) in [4.78, 5) is 11.9. The van der Waals surface area contributed by atoms with Crippen LogP contribution >= 0.6 is 22.6 Å². The summed E-state index contributed by atoms with van der Waals surface area (Å²) in [5.74, 6) is 0.0564. The minimum absolute atomic E-state index is 0.0459. The number of amides is 1. The number of hydrogen-bond acceptors (Lipinski definition) is 2. The van der Waals surface area contributed by atoms with Crippen LogP contribution in [0.25, 0.3) is 0 Å². The summed E-state index contributed by atoms with van der Waals surface area (Å²) < 4.78 is 0.754. The van der Waals surface area contributed by atoms with Gasteiger partial charge in [0.1, 0.15) is 5.75 Å². The van der Waals surface area contributed by atoms with Crippen LogP contribution in [-0.2, 0) is 0 Å². The summed E-state index contributed by atoms with van der Waals surface area (Å²) >= 11 is 2.03. The average Bonchev–Trinajstić information content (AvgIpc) is 2.19. The summed E-state index contributed by atoms with van der Waals surface area (Å²) in [5, 5.41) is 12.5. The lowest BCUT2D eigenvalue weighted by Crippen LogP contribution is -2.50. The van der Waals surface area contributed by atoms with Crippen molar-refractivity contribution in [2.75, 3.05) is 0 Å². The lowest BCUT2D eigenvalue weighted by molar-refractivity contribution is 0.0850. The number of nitrogens with one attached hydrogen (secondary N) is 1. The fourth-order valence-electron chi connectivity index (χ4n) is 1.83. The highest BCUT2D eigenvalue weighted by Crippen LogP contribution is 2.31. The smallest absolute Gasteiger partial charge is 0.251 e. The van der Waals surface area contributed by atoms with E-state index in [0.717, 1.165) is 16.4 Å². The molecule has 16 heavy (non-hydrogen) atoms. The van der Waals surface area contributed by atoms with E-state index < -0.39 is 0 Å². The van der Waals surface area contributed by atoms with Gasteiger partial charge in [-0.25, -0.2) is 0 Å². The molecule has 86 valence electrons. The van der Waals surface area contributed by atoms with Crippen LogP contribution < -0.4 is 5.32 Å². The van der Waals surface area contributed by atoms with Crippen LogP contribution in [-0.4, -0.2) is 16.6 Å². The molecule has 1 saturated carbocycles. The Balaban J connectivity index is 2.11. The predicted molar refractivity (Wildman–Crippen MR) is 70.5 cm³/mol. The van der Waals surface area contributed by atoms with E-state index in [2.05, 4.69) is 12.2 Å². The molecule has 1 fully saturated rings. The number of benzene rings is 1. The first-order valence-electron chi connectivity index (χ1n) is 5.31. The maximum atomic E-state index is 11.9. The van der Waals surface area contributed by atoms with E-state index in [1.165, 1.54) is 12.5 Å². The number of halogens is 1. The Morgan fingerprint density at radius 3 is 2.69 bits per heavy atom. The van der Waals surface area contributed by atoms with Gasteiger partial charge in [0.2, 0.25) is 0 Å². The molecule has 1 aromatic rings. The molecule has 3 nitrogen and oxygen atoms in total. The molecule has 0 bridgehead atoms. The van der Waals surface area contributed by atoms with Crippen LogP contribution in [0.4, 0.5) is 0 Å². The fourth-order valence-corrected chi connectivity index (χ4v) is 2.17. The molecule has 0 aliphatic heterocycles. The zero-order chi connectivity index (χ0) is 11.8. The predicted octanol–water partition coefficient (Wildman–Crippen LogP) is 2.67. The molecule has 0 spiro atoms. The van der Waals surface area contributed by atoms with Gasteiger partial charge in [-0.05, 0) is 67.0 Å². The van der Waals surface area contributed by atoms with Crippen molar-refractivity contribution in [1.82, 2.24) is 5.32 Å². The molecule has 0 unspecified atom stereocenters. The van der Waals surface area contributed by atoms with Crippen LogP contribution in [0.15, 0.2) is 18.2 Å². The number of carbonyl (C=O) groups excluding carboxylic acids is 1. The topological polar surface area (TPSA) is 49.3 Å². The number of aromatic hydroxyl groups is 1. The van der Waals surface area contributed by atoms with Crippen molar-refractivity contribution < 1.29 is 9.90 Å². The third-order valence-electron chi connectivity index (χ3n) is 3.08. The molecule has 1 aliphatic rings. The van der Waals surface area contributed by atoms with E-state index >= 15 is 0 Å². The summed E-state index contributed by atoms with van der Waals surface area (Å²) in [6.07, 6.45) is 3.25. The van der Waals surface area contributed by atoms with Crippen molar-refractivity contribution in [1.29, 1.82) is 0 Å². The third-order valence-corrected chi connectivity index (χ3v) is 3.99. The highest BCUT2D eigenvalue weighted by Gasteiger charge is 2.33. The third kappa shape index (κ3) is 2.31. The maximum absolute atomic E-state index is 11.9. The van der Waals surface area contributed by atoms with Crippen LogP contribution in [0.3, 0.4) is 0 Å². The molecule has 1 aromatic carbocycles. The molecule has 1 amide bonds. The van der Waals surface area contributed by atoms with E-state index in [4.69, 9.17) is 0 Å². The second-order valence-corrected chi connectivity index (χ2v) is 5.70. The number of phenolic OH excluding ortho intramolecular Hbond substituents is 1. The zero-order valence-electron chi connectivity index (χ0n) is 9.09.